The van der Waals surface area contributed by atoms with E-state index in [-0.39, 0.29) is 29.9 Å². The molecule has 2 atom stereocenters. The number of carbonyl (C=O) groups excluding carboxylic acids is 1. The summed E-state index contributed by atoms with van der Waals surface area (Å²) >= 11 is 5.23. The lowest BCUT2D eigenvalue weighted by Gasteiger charge is -2.29. The summed E-state index contributed by atoms with van der Waals surface area (Å²) in [5.41, 5.74) is 2.79. The maximum Gasteiger partial charge on any atom is 0.287 e. The van der Waals surface area contributed by atoms with Gasteiger partial charge in [0.2, 0.25) is 5.91 Å². The fraction of sp³-hybridized carbons (Fsp3) is 0.591. The molecule has 29 heavy (non-hydrogen) atoms. The van der Waals surface area contributed by atoms with Crippen molar-refractivity contribution in [3.05, 3.63) is 40.1 Å². The van der Waals surface area contributed by atoms with Gasteiger partial charge in [-0.05, 0) is 79.9 Å². The van der Waals surface area contributed by atoms with E-state index in [0.29, 0.717) is 11.8 Å². The third-order valence-electron chi connectivity index (χ3n) is 6.08. The molecule has 1 fully saturated rings. The van der Waals surface area contributed by atoms with Gasteiger partial charge >= 0.3 is 0 Å². The average Bonchev–Trinajstić information content (AvgIpc) is 3.07. The molecule has 156 valence electrons. The summed E-state index contributed by atoms with van der Waals surface area (Å²) in [5, 5.41) is 7.45. The zero-order valence-electron chi connectivity index (χ0n) is 17.0. The number of rotatable bonds is 6. The van der Waals surface area contributed by atoms with Crippen LogP contribution in [0.2, 0.25) is 0 Å². The van der Waals surface area contributed by atoms with Crippen LogP contribution < -0.4 is 10.1 Å². The molecule has 2 aliphatic rings. The van der Waals surface area contributed by atoms with Crippen LogP contribution in [0, 0.1) is 10.8 Å². The number of nitrogens with one attached hydrogen (secondary N) is 1. The molecule has 1 N–H and O–H groups in total. The van der Waals surface area contributed by atoms with Crippen LogP contribution in [0.4, 0.5) is 0 Å². The molecule has 1 aromatic carbocycles. The molecule has 0 saturated heterocycles. The first-order valence-corrected chi connectivity index (χ1v) is 11.1. The highest BCUT2D eigenvalue weighted by Crippen LogP contribution is 2.26. The van der Waals surface area contributed by atoms with Crippen LogP contribution in [-0.4, -0.2) is 21.7 Å². The highest BCUT2D eigenvalue weighted by atomic mass is 32.1. The molecule has 0 radical (unpaired) electrons. The van der Waals surface area contributed by atoms with Gasteiger partial charge in [-0.2, -0.15) is 0 Å². The van der Waals surface area contributed by atoms with Crippen LogP contribution in [0.15, 0.2) is 22.6 Å². The van der Waals surface area contributed by atoms with Gasteiger partial charge in [-0.25, -0.2) is 4.68 Å². The van der Waals surface area contributed by atoms with Gasteiger partial charge in [-0.1, -0.05) is 25.8 Å². The van der Waals surface area contributed by atoms with E-state index in [1.807, 2.05) is 6.07 Å². The first-order valence-electron chi connectivity index (χ1n) is 10.7. The van der Waals surface area contributed by atoms with Crippen molar-refractivity contribution >= 4 is 18.1 Å². The van der Waals surface area contributed by atoms with Crippen molar-refractivity contribution in [2.75, 3.05) is 0 Å². The number of fused-ring (bicyclic) bond motifs is 1. The number of nitrogens with zero attached hydrogens (tertiary/aromatic N) is 2. The average molecular weight is 416 g/mol. The Morgan fingerprint density at radius 3 is 2.86 bits per heavy atom. The van der Waals surface area contributed by atoms with Gasteiger partial charge in [-0.3, -0.25) is 4.79 Å². The fourth-order valence-corrected chi connectivity index (χ4v) is 4.57. The predicted octanol–water partition coefficient (Wildman–Crippen LogP) is 4.36. The molecule has 1 heterocycles. The largest absolute Gasteiger partial charge is 0.484 e. The molecular weight excluding hydrogens is 386 g/mol. The van der Waals surface area contributed by atoms with E-state index in [0.717, 1.165) is 25.0 Å². The summed E-state index contributed by atoms with van der Waals surface area (Å²) in [4.78, 5) is 12.6. The quantitative estimate of drug-likeness (QED) is 0.710. The standard InChI is InChI=1S/C22H29N3O3S/c1-15-6-2-5-9-19(15)23-20(26)13-25-22(29)28-21(24-25)14-27-18-11-10-16-7-3-4-8-17(16)12-18/h10-12,15,19H,2-9,13-14H2,1H3,(H,23,26)/t15-,19-/m0/s1. The molecule has 0 spiro atoms. The minimum Gasteiger partial charge on any atom is -0.484 e. The van der Waals surface area contributed by atoms with Gasteiger partial charge < -0.3 is 14.5 Å². The number of carbonyl (C=O) groups is 1. The second kappa shape index (κ2) is 9.11. The first-order chi connectivity index (χ1) is 14.1. The molecule has 2 aromatic rings. The summed E-state index contributed by atoms with van der Waals surface area (Å²) in [7, 11) is 0. The maximum absolute atomic E-state index is 12.4. The molecule has 7 heteroatoms. The predicted molar refractivity (Wildman–Crippen MR) is 112 cm³/mol. The molecule has 2 aliphatic carbocycles. The van der Waals surface area contributed by atoms with E-state index in [9.17, 15) is 4.79 Å². The highest BCUT2D eigenvalue weighted by Gasteiger charge is 2.23. The molecule has 0 aliphatic heterocycles. The number of hydrogen-bond donors (Lipinski definition) is 1. The van der Waals surface area contributed by atoms with Gasteiger partial charge in [0.15, 0.2) is 6.61 Å². The Kier molecular flexibility index (Phi) is 6.33. The molecule has 6 nitrogen and oxygen atoms in total. The highest BCUT2D eigenvalue weighted by molar-refractivity contribution is 7.71. The van der Waals surface area contributed by atoms with Crippen LogP contribution in [0.3, 0.4) is 0 Å². The monoisotopic (exact) mass is 415 g/mol. The summed E-state index contributed by atoms with van der Waals surface area (Å²) in [5.74, 6) is 1.63. The molecule has 1 saturated carbocycles. The SMILES string of the molecule is C[C@H]1CCCC[C@@H]1NC(=O)Cn1nc(COc2ccc3c(c2)CCCC3)oc1=S. The molecule has 4 rings (SSSR count). The van der Waals surface area contributed by atoms with Crippen molar-refractivity contribution in [3.8, 4) is 5.75 Å². The van der Waals surface area contributed by atoms with Crippen molar-refractivity contribution in [2.24, 2.45) is 5.92 Å². The Morgan fingerprint density at radius 2 is 2.03 bits per heavy atom. The van der Waals surface area contributed by atoms with E-state index in [1.165, 1.54) is 47.9 Å². The smallest absolute Gasteiger partial charge is 0.287 e. The van der Waals surface area contributed by atoms with Crippen LogP contribution in [0.5, 0.6) is 5.75 Å². The van der Waals surface area contributed by atoms with Crippen molar-refractivity contribution in [2.45, 2.75) is 77.5 Å². The van der Waals surface area contributed by atoms with Gasteiger partial charge in [0.05, 0.1) is 0 Å². The minimum absolute atomic E-state index is 0.0738. The number of amides is 1. The maximum atomic E-state index is 12.4. The molecule has 0 unspecified atom stereocenters. The Balaban J connectivity index is 1.33. The Labute approximate surface area is 176 Å². The number of hydrogen-bond acceptors (Lipinski definition) is 5. The molecule has 1 amide bonds. The van der Waals surface area contributed by atoms with Gasteiger partial charge in [0, 0.05) is 6.04 Å². The van der Waals surface area contributed by atoms with Crippen LogP contribution >= 0.6 is 12.2 Å². The van der Waals surface area contributed by atoms with E-state index in [1.54, 1.807) is 0 Å². The molecular formula is C22H29N3O3S. The lowest BCUT2D eigenvalue weighted by Crippen LogP contribution is -2.42. The molecule has 1 aromatic heterocycles. The normalized spacial score (nSPS) is 21.4. The van der Waals surface area contributed by atoms with E-state index < -0.39 is 0 Å². The van der Waals surface area contributed by atoms with E-state index in [4.69, 9.17) is 21.4 Å². The summed E-state index contributed by atoms with van der Waals surface area (Å²) in [6.45, 7) is 2.46. The second-order valence-corrected chi connectivity index (χ2v) is 8.63. The van der Waals surface area contributed by atoms with Crippen molar-refractivity contribution in [1.82, 2.24) is 15.1 Å². The third kappa shape index (κ3) is 5.07. The van der Waals surface area contributed by atoms with Gasteiger partial charge in [0.25, 0.3) is 10.7 Å². The van der Waals surface area contributed by atoms with E-state index in [2.05, 4.69) is 29.5 Å². The second-order valence-electron chi connectivity index (χ2n) is 8.28. The van der Waals surface area contributed by atoms with Crippen molar-refractivity contribution in [1.29, 1.82) is 0 Å². The number of aryl methyl sites for hydroxylation is 2. The number of ether oxygens (including phenoxy) is 1. The van der Waals surface area contributed by atoms with E-state index >= 15 is 0 Å². The summed E-state index contributed by atoms with van der Waals surface area (Å²) < 4.78 is 12.8. The molecule has 0 bridgehead atoms. The summed E-state index contributed by atoms with van der Waals surface area (Å²) in [6.07, 6.45) is 9.37. The third-order valence-corrected chi connectivity index (χ3v) is 6.38. The summed E-state index contributed by atoms with van der Waals surface area (Å²) in [6, 6.07) is 6.49. The van der Waals surface area contributed by atoms with Crippen molar-refractivity contribution in [3.63, 3.8) is 0 Å². The van der Waals surface area contributed by atoms with Crippen LogP contribution in [0.25, 0.3) is 0 Å². The first kappa shape index (κ1) is 20.1. The minimum atomic E-state index is -0.0738. The zero-order valence-corrected chi connectivity index (χ0v) is 17.8. The fourth-order valence-electron chi connectivity index (χ4n) is 4.37. The lowest BCUT2D eigenvalue weighted by molar-refractivity contribution is -0.123. The Bertz CT molecular complexity index is 920. The number of aromatic nitrogens is 2. The zero-order chi connectivity index (χ0) is 20.2. The Morgan fingerprint density at radius 1 is 1.24 bits per heavy atom. The topological polar surface area (TPSA) is 69.3 Å². The van der Waals surface area contributed by atoms with Crippen LogP contribution in [-0.2, 0) is 30.8 Å². The van der Waals surface area contributed by atoms with Crippen molar-refractivity contribution < 1.29 is 13.9 Å². The Hall–Kier alpha value is -2.15. The van der Waals surface area contributed by atoms with Crippen LogP contribution in [0.1, 0.15) is 62.5 Å². The van der Waals surface area contributed by atoms with Gasteiger partial charge in [-0.15, -0.1) is 5.10 Å². The lowest BCUT2D eigenvalue weighted by atomic mass is 9.86. The number of benzene rings is 1. The van der Waals surface area contributed by atoms with Gasteiger partial charge in [0.1, 0.15) is 12.3 Å².